The smallest absolute Gasteiger partial charge is 0.326 e. The average Bonchev–Trinajstić information content (AvgIpc) is 2.95. The Labute approximate surface area is 233 Å². The summed E-state index contributed by atoms with van der Waals surface area (Å²) in [6.07, 6.45) is 6.01. The van der Waals surface area contributed by atoms with Gasteiger partial charge < -0.3 is 15.7 Å². The molecule has 40 heavy (non-hydrogen) atoms. The van der Waals surface area contributed by atoms with Crippen LogP contribution in [0.25, 0.3) is 11.3 Å². The summed E-state index contributed by atoms with van der Waals surface area (Å²) >= 11 is 0. The van der Waals surface area contributed by atoms with E-state index in [0.29, 0.717) is 24.6 Å². The van der Waals surface area contributed by atoms with E-state index in [-0.39, 0.29) is 25.3 Å². The number of aliphatic carboxylic acids is 1. The van der Waals surface area contributed by atoms with E-state index in [1.807, 2.05) is 35.2 Å². The zero-order chi connectivity index (χ0) is 28.0. The van der Waals surface area contributed by atoms with E-state index in [4.69, 9.17) is 4.98 Å². The van der Waals surface area contributed by atoms with Gasteiger partial charge in [-0.3, -0.25) is 4.90 Å². The van der Waals surface area contributed by atoms with Gasteiger partial charge in [0.1, 0.15) is 24.0 Å². The number of halogens is 2. The Balaban J connectivity index is 1.16. The first-order valence-electron chi connectivity index (χ1n) is 14.1. The number of carboxylic acid groups (broad SMARTS) is 1. The normalized spacial score (nSPS) is 17.0. The van der Waals surface area contributed by atoms with Gasteiger partial charge in [0, 0.05) is 49.3 Å². The van der Waals surface area contributed by atoms with Gasteiger partial charge in [-0.1, -0.05) is 36.4 Å². The zero-order valence-corrected chi connectivity index (χ0v) is 22.5. The third-order valence-electron chi connectivity index (χ3n) is 7.73. The van der Waals surface area contributed by atoms with Crippen LogP contribution in [-0.2, 0) is 17.6 Å². The van der Waals surface area contributed by atoms with Gasteiger partial charge in [0.2, 0.25) is 0 Å². The Morgan fingerprint density at radius 1 is 1.12 bits per heavy atom. The van der Waals surface area contributed by atoms with Crippen LogP contribution in [0.2, 0.25) is 0 Å². The summed E-state index contributed by atoms with van der Waals surface area (Å²) in [5.74, 6) is -2.25. The minimum Gasteiger partial charge on any atom is -0.480 e. The summed E-state index contributed by atoms with van der Waals surface area (Å²) in [6, 6.07) is 14.4. The molecule has 3 heterocycles. The highest BCUT2D eigenvalue weighted by Gasteiger charge is 2.47. The van der Waals surface area contributed by atoms with Crippen LogP contribution in [-0.4, -0.2) is 68.6 Å². The fourth-order valence-electron chi connectivity index (χ4n) is 5.43. The van der Waals surface area contributed by atoms with Crippen molar-refractivity contribution in [1.29, 1.82) is 0 Å². The molecule has 5 rings (SSSR count). The number of anilines is 2. The molecule has 0 unspecified atom stereocenters. The monoisotopic (exact) mass is 550 g/mol. The number of carbonyl (C=O) groups is 1. The number of carboxylic acids is 1. The molecule has 8 nitrogen and oxygen atoms in total. The number of unbranched alkanes of at least 4 members (excludes halogenated alkanes) is 1. The maximum atomic E-state index is 13.7. The van der Waals surface area contributed by atoms with Crippen molar-refractivity contribution in [2.24, 2.45) is 0 Å². The molecule has 0 bridgehead atoms. The molecule has 0 saturated heterocycles. The number of nitrogens with one attached hydrogen (secondary N) is 2. The highest BCUT2D eigenvalue weighted by Crippen LogP contribution is 2.40. The molecule has 1 saturated carbocycles. The fourth-order valence-corrected chi connectivity index (χ4v) is 5.43. The topological polar surface area (TPSA) is 103 Å². The van der Waals surface area contributed by atoms with E-state index in [1.165, 1.54) is 11.9 Å². The lowest BCUT2D eigenvalue weighted by Crippen LogP contribution is -2.52. The predicted octanol–water partition coefficient (Wildman–Crippen LogP) is 5.27. The summed E-state index contributed by atoms with van der Waals surface area (Å²) < 4.78 is 27.5. The van der Waals surface area contributed by atoms with E-state index in [0.717, 1.165) is 55.7 Å². The van der Waals surface area contributed by atoms with E-state index in [1.54, 1.807) is 6.07 Å². The third kappa shape index (κ3) is 7.29. The molecule has 2 aliphatic rings. The van der Waals surface area contributed by atoms with E-state index in [9.17, 15) is 18.7 Å². The SMILES string of the molecule is O=C(O)[C@H](CCN(CCCCc1ccc2c(n1)NCCC2)C1CC(F)(F)C1)Nc1cc(-c2ccccc2)ncn1. The Bertz CT molecular complexity index is 1280. The van der Waals surface area contributed by atoms with Gasteiger partial charge in [0.05, 0.1) is 5.69 Å². The second kappa shape index (κ2) is 12.7. The van der Waals surface area contributed by atoms with Crippen molar-refractivity contribution in [2.45, 2.75) is 69.4 Å². The van der Waals surface area contributed by atoms with Crippen molar-refractivity contribution in [3.05, 3.63) is 66.1 Å². The van der Waals surface area contributed by atoms with Gasteiger partial charge >= 0.3 is 5.97 Å². The van der Waals surface area contributed by atoms with Gasteiger partial charge in [0.15, 0.2) is 0 Å². The molecule has 1 aliphatic carbocycles. The van der Waals surface area contributed by atoms with Crippen molar-refractivity contribution >= 4 is 17.6 Å². The fraction of sp³-hybridized carbons (Fsp3) is 0.467. The Kier molecular flexibility index (Phi) is 8.84. The molecule has 3 N–H and O–H groups in total. The Morgan fingerprint density at radius 3 is 2.73 bits per heavy atom. The maximum absolute atomic E-state index is 13.7. The molecule has 0 amide bonds. The van der Waals surface area contributed by atoms with Crippen molar-refractivity contribution < 1.29 is 18.7 Å². The molecule has 3 aromatic rings. The quantitative estimate of drug-likeness (QED) is 0.247. The third-order valence-corrected chi connectivity index (χ3v) is 7.73. The van der Waals surface area contributed by atoms with Crippen LogP contribution in [0.4, 0.5) is 20.4 Å². The maximum Gasteiger partial charge on any atom is 0.326 e. The molecule has 0 radical (unpaired) electrons. The van der Waals surface area contributed by atoms with Gasteiger partial charge in [0.25, 0.3) is 5.92 Å². The Hall–Kier alpha value is -3.66. The summed E-state index contributed by atoms with van der Waals surface area (Å²) in [6.45, 7) is 1.99. The van der Waals surface area contributed by atoms with Crippen LogP contribution in [0, 0.1) is 0 Å². The molecule has 0 spiro atoms. The average molecular weight is 551 g/mol. The van der Waals surface area contributed by atoms with Crippen LogP contribution in [0.1, 0.15) is 49.8 Å². The number of aromatic nitrogens is 3. The van der Waals surface area contributed by atoms with Crippen LogP contribution in [0.3, 0.4) is 0 Å². The molecule has 1 atom stereocenters. The first-order chi connectivity index (χ1) is 19.4. The highest BCUT2D eigenvalue weighted by atomic mass is 19.3. The molecule has 1 fully saturated rings. The number of alkyl halides is 2. The summed E-state index contributed by atoms with van der Waals surface area (Å²) in [4.78, 5) is 27.4. The first-order valence-corrected chi connectivity index (χ1v) is 14.1. The second-order valence-electron chi connectivity index (χ2n) is 10.7. The molecule has 212 valence electrons. The summed E-state index contributed by atoms with van der Waals surface area (Å²) in [5, 5.41) is 16.3. The summed E-state index contributed by atoms with van der Waals surface area (Å²) in [7, 11) is 0. The number of fused-ring (bicyclic) bond motifs is 1. The minimum atomic E-state index is -2.64. The van der Waals surface area contributed by atoms with Crippen molar-refractivity contribution in [2.75, 3.05) is 30.3 Å². The van der Waals surface area contributed by atoms with Crippen LogP contribution >= 0.6 is 0 Å². The molecule has 1 aromatic carbocycles. The van der Waals surface area contributed by atoms with Gasteiger partial charge in [-0.15, -0.1) is 0 Å². The van der Waals surface area contributed by atoms with Crippen molar-refractivity contribution in [3.63, 3.8) is 0 Å². The number of benzene rings is 1. The number of aryl methyl sites for hydroxylation is 2. The summed E-state index contributed by atoms with van der Waals surface area (Å²) in [5.41, 5.74) is 3.88. The minimum absolute atomic E-state index is 0.178. The molecule has 10 heteroatoms. The standard InChI is InChI=1S/C30H36F2N6O2/c31-30(32)18-24(19-30)38(15-5-4-10-23-12-11-22-9-6-14-33-28(22)36-23)16-13-25(29(39)40)37-27-17-26(34-20-35-27)21-7-2-1-3-8-21/h1-3,7-8,11-12,17,20,24-25H,4-6,9-10,13-16,18-19H2,(H,33,36)(H,39,40)(H,34,35,37)/t25-/m0/s1. The number of hydrogen-bond acceptors (Lipinski definition) is 7. The lowest BCUT2D eigenvalue weighted by molar-refractivity contribution is -0.139. The van der Waals surface area contributed by atoms with E-state index >= 15 is 0 Å². The Morgan fingerprint density at radius 2 is 1.95 bits per heavy atom. The lowest BCUT2D eigenvalue weighted by Gasteiger charge is -2.43. The zero-order valence-electron chi connectivity index (χ0n) is 22.5. The number of nitrogens with zero attached hydrogens (tertiary/aromatic N) is 4. The van der Waals surface area contributed by atoms with Gasteiger partial charge in [-0.2, -0.15) is 0 Å². The largest absolute Gasteiger partial charge is 0.480 e. The van der Waals surface area contributed by atoms with Gasteiger partial charge in [-0.25, -0.2) is 28.5 Å². The van der Waals surface area contributed by atoms with E-state index in [2.05, 4.69) is 32.7 Å². The first kappa shape index (κ1) is 27.9. The number of rotatable bonds is 13. The lowest BCUT2D eigenvalue weighted by atomic mass is 9.86. The van der Waals surface area contributed by atoms with Crippen LogP contribution in [0.15, 0.2) is 54.9 Å². The molecule has 1 aliphatic heterocycles. The second-order valence-corrected chi connectivity index (χ2v) is 10.7. The highest BCUT2D eigenvalue weighted by molar-refractivity contribution is 5.77. The molecule has 2 aromatic heterocycles. The van der Waals surface area contributed by atoms with E-state index < -0.39 is 17.9 Å². The molecular formula is C30H36F2N6O2. The van der Waals surface area contributed by atoms with Crippen LogP contribution < -0.4 is 10.6 Å². The predicted molar refractivity (Wildman–Crippen MR) is 151 cm³/mol. The number of hydrogen-bond donors (Lipinski definition) is 3. The van der Waals surface area contributed by atoms with Crippen molar-refractivity contribution in [1.82, 2.24) is 19.9 Å². The van der Waals surface area contributed by atoms with Gasteiger partial charge in [-0.05, 0) is 56.7 Å². The number of pyridine rings is 1. The molecular weight excluding hydrogens is 514 g/mol. The van der Waals surface area contributed by atoms with Crippen LogP contribution in [0.5, 0.6) is 0 Å². The van der Waals surface area contributed by atoms with Crippen molar-refractivity contribution in [3.8, 4) is 11.3 Å².